The summed E-state index contributed by atoms with van der Waals surface area (Å²) in [6.45, 7) is 0.192. The van der Waals surface area contributed by atoms with Crippen molar-refractivity contribution in [3.63, 3.8) is 0 Å². The summed E-state index contributed by atoms with van der Waals surface area (Å²) >= 11 is 0. The van der Waals surface area contributed by atoms with Gasteiger partial charge in [-0.25, -0.2) is 29.7 Å². The van der Waals surface area contributed by atoms with E-state index in [-0.39, 0.29) is 13.3 Å². The number of anilines is 6. The maximum atomic E-state index is 13.9. The van der Waals surface area contributed by atoms with Gasteiger partial charge in [0.15, 0.2) is 23.3 Å². The first-order valence-electron chi connectivity index (χ1n) is 32.9. The first kappa shape index (κ1) is 57.5. The molecule has 0 unspecified atom stereocenters. The quantitative estimate of drug-likeness (QED) is 0.0825. The van der Waals surface area contributed by atoms with E-state index >= 15 is 0 Å². The van der Waals surface area contributed by atoms with Crippen LogP contribution < -0.4 is 26.2 Å². The molecule has 5 heterocycles. The molecule has 0 aliphatic carbocycles. The molecule has 98 heavy (non-hydrogen) atoms. The van der Waals surface area contributed by atoms with Crippen LogP contribution in [0.25, 0.3) is 107 Å². The summed E-state index contributed by atoms with van der Waals surface area (Å²) in [6.07, 6.45) is 0. The van der Waals surface area contributed by atoms with Gasteiger partial charge in [-0.05, 0) is 136 Å². The number of carbonyl (C=O) groups excluding carboxylic acids is 1. The molecule has 0 spiro atoms. The van der Waals surface area contributed by atoms with Crippen molar-refractivity contribution in [2.75, 3.05) is 9.80 Å². The van der Waals surface area contributed by atoms with Crippen molar-refractivity contribution in [2.45, 2.75) is 6.61 Å². The molecule has 16 aromatic rings. The van der Waals surface area contributed by atoms with Crippen LogP contribution in [0.2, 0.25) is 0 Å². The second-order valence-electron chi connectivity index (χ2n) is 24.6. The summed E-state index contributed by atoms with van der Waals surface area (Å²) < 4.78 is 8.15. The van der Waals surface area contributed by atoms with Crippen LogP contribution in [-0.4, -0.2) is 42.2 Å². The Morgan fingerprint density at radius 3 is 1.49 bits per heavy atom. The second-order valence-corrected chi connectivity index (χ2v) is 24.6. The monoisotopic (exact) mass is 1260 g/mol. The van der Waals surface area contributed by atoms with Crippen LogP contribution in [0, 0.1) is 0 Å². The van der Waals surface area contributed by atoms with Crippen LogP contribution in [-0.2, 0) is 11.3 Å². The average molecular weight is 1260 g/mol. The molecule has 0 amide bonds. The molecule has 0 N–H and O–H groups in total. The highest BCUT2D eigenvalue weighted by Crippen LogP contribution is 2.46. The third-order valence-electron chi connectivity index (χ3n) is 18.8. The van der Waals surface area contributed by atoms with Crippen molar-refractivity contribution in [1.82, 2.24) is 29.5 Å². The van der Waals surface area contributed by atoms with Gasteiger partial charge in [-0.1, -0.05) is 231 Å². The molecular weight excluding hydrogens is 1200 g/mol. The van der Waals surface area contributed by atoms with Crippen LogP contribution in [0.5, 0.6) is 0 Å². The number of hydrogen-bond acceptors (Lipinski definition) is 9. The number of benzene rings is 13. The van der Waals surface area contributed by atoms with E-state index in [0.29, 0.717) is 28.9 Å². The average Bonchev–Trinajstić information content (AvgIpc) is 0.850. The zero-order valence-electron chi connectivity index (χ0n) is 52.9. The highest BCUT2D eigenvalue weighted by molar-refractivity contribution is 7.00. The smallest absolute Gasteiger partial charge is 0.338 e. The number of rotatable bonds is 13. The van der Waals surface area contributed by atoms with E-state index in [1.165, 1.54) is 27.8 Å². The molecule has 0 bridgehead atoms. The number of fused-ring (bicyclic) bond motifs is 7. The number of aromatic nitrogens is 6. The standard InChI is InChI=1S/C87H57BN8O2/c97-87(98-56-57-25-6-1-7-26-57)65-48-50-76-69(54-65)68-39-16-19-42-75(68)96(76)77-49-47-64(85-92-83(59-29-10-3-11-30-59)91-84(93-85)60-31-12-4-13-32-60)53-70(77)86-89-73(58-27-8-2-9-28-58)55-74(90-86)63-35-22-33-61(51-63)62-34-23-38-67(52-62)95-79-44-21-18-41-72(79)88-71-40-17-20-43-78(71)94(66-36-14-5-15-37-66)80-45-24-46-81(95)82(80)88/h1-55H,56H2. The highest BCUT2D eigenvalue weighted by Gasteiger charge is 2.43. The van der Waals surface area contributed by atoms with E-state index in [2.05, 4.69) is 208 Å². The van der Waals surface area contributed by atoms with Gasteiger partial charge in [-0.15, -0.1) is 0 Å². The molecule has 11 heteroatoms. The summed E-state index contributed by atoms with van der Waals surface area (Å²) in [5.41, 5.74) is 23.2. The molecule has 0 saturated carbocycles. The highest BCUT2D eigenvalue weighted by atomic mass is 16.5. The van der Waals surface area contributed by atoms with Gasteiger partial charge >= 0.3 is 5.97 Å². The largest absolute Gasteiger partial charge is 0.457 e. The first-order valence-corrected chi connectivity index (χ1v) is 32.9. The van der Waals surface area contributed by atoms with Gasteiger partial charge < -0.3 is 19.1 Å². The Labute approximate surface area is 566 Å². The van der Waals surface area contributed by atoms with Crippen molar-refractivity contribution >= 4 is 85.0 Å². The normalized spacial score (nSPS) is 12.1. The Morgan fingerprint density at radius 2 is 0.816 bits per heavy atom. The van der Waals surface area contributed by atoms with Gasteiger partial charge in [0.05, 0.1) is 33.7 Å². The Bertz CT molecular complexity index is 5700. The lowest BCUT2D eigenvalue weighted by atomic mass is 9.33. The Kier molecular flexibility index (Phi) is 14.3. The molecule has 0 radical (unpaired) electrons. The van der Waals surface area contributed by atoms with Crippen LogP contribution in [0.4, 0.5) is 34.1 Å². The van der Waals surface area contributed by atoms with Crippen molar-refractivity contribution in [2.24, 2.45) is 0 Å². The van der Waals surface area contributed by atoms with Gasteiger partial charge in [0.25, 0.3) is 6.71 Å². The van der Waals surface area contributed by atoms with Crippen molar-refractivity contribution in [3.8, 4) is 84.9 Å². The maximum absolute atomic E-state index is 13.9. The van der Waals surface area contributed by atoms with Gasteiger partial charge in [-0.3, -0.25) is 0 Å². The van der Waals surface area contributed by atoms with E-state index in [9.17, 15) is 4.79 Å². The minimum absolute atomic E-state index is 0.0314. The van der Waals surface area contributed by atoms with E-state index in [0.717, 1.165) is 112 Å². The summed E-state index contributed by atoms with van der Waals surface area (Å²) in [4.78, 5) is 45.6. The lowest BCUT2D eigenvalue weighted by molar-refractivity contribution is 0.0473. The minimum atomic E-state index is -0.404. The molecule has 0 saturated heterocycles. The van der Waals surface area contributed by atoms with Gasteiger partial charge in [0.1, 0.15) is 6.61 Å². The van der Waals surface area contributed by atoms with Crippen LogP contribution >= 0.6 is 0 Å². The molecule has 2 aliphatic heterocycles. The minimum Gasteiger partial charge on any atom is -0.457 e. The van der Waals surface area contributed by atoms with Gasteiger partial charge in [-0.2, -0.15) is 0 Å². The molecule has 18 rings (SSSR count). The maximum Gasteiger partial charge on any atom is 0.338 e. The first-order chi connectivity index (χ1) is 48.5. The Balaban J connectivity index is 0.796. The summed E-state index contributed by atoms with van der Waals surface area (Å²) in [5, 5.41) is 1.85. The molecule has 10 nitrogen and oxygen atoms in total. The molecular formula is C87H57BN8O2. The SMILES string of the molecule is O=C(OCc1ccccc1)c1ccc2c(c1)c1ccccc1n2-c1ccc(-c2nc(-c3ccccc3)nc(-c3ccccc3)n2)cc1-c1nc(-c2ccccc2)cc(-c2cccc(-c3cccc(N4c5ccccc5B5c6ccccc6N(c6ccccc6)c6cccc4c65)c3)c2)n1. The van der Waals surface area contributed by atoms with Crippen LogP contribution in [0.3, 0.4) is 0 Å². The number of hydrogen-bond donors (Lipinski definition) is 0. The van der Waals surface area contributed by atoms with Crippen molar-refractivity contribution in [3.05, 3.63) is 345 Å². The van der Waals surface area contributed by atoms with E-state index in [1.54, 1.807) is 0 Å². The predicted molar refractivity (Wildman–Crippen MR) is 397 cm³/mol. The van der Waals surface area contributed by atoms with Gasteiger partial charge in [0.2, 0.25) is 0 Å². The van der Waals surface area contributed by atoms with Gasteiger partial charge in [0, 0.05) is 78.3 Å². The Hall–Kier alpha value is -13.1. The van der Waals surface area contributed by atoms with Crippen LogP contribution in [0.15, 0.2) is 334 Å². The molecule has 460 valence electrons. The zero-order chi connectivity index (χ0) is 65.0. The number of para-hydroxylation sites is 4. The lowest BCUT2D eigenvalue weighted by Crippen LogP contribution is -2.61. The van der Waals surface area contributed by atoms with E-state index in [4.69, 9.17) is 29.7 Å². The van der Waals surface area contributed by atoms with E-state index in [1.807, 2.05) is 140 Å². The molecule has 2 aliphatic rings. The zero-order valence-corrected chi connectivity index (χ0v) is 52.9. The topological polar surface area (TPSA) is 102 Å². The molecule has 3 aromatic heterocycles. The van der Waals surface area contributed by atoms with E-state index < -0.39 is 5.97 Å². The van der Waals surface area contributed by atoms with Crippen molar-refractivity contribution < 1.29 is 9.53 Å². The number of carbonyl (C=O) groups is 1. The fourth-order valence-corrected chi connectivity index (χ4v) is 14.3. The van der Waals surface area contributed by atoms with Crippen molar-refractivity contribution in [1.29, 1.82) is 0 Å². The van der Waals surface area contributed by atoms with Crippen LogP contribution in [0.1, 0.15) is 15.9 Å². The summed E-state index contributed by atoms with van der Waals surface area (Å²) in [7, 11) is 0. The third-order valence-corrected chi connectivity index (χ3v) is 18.8. The second kappa shape index (κ2) is 24.3. The molecule has 0 atom stereocenters. The number of nitrogens with zero attached hydrogens (tertiary/aromatic N) is 8. The fourth-order valence-electron chi connectivity index (χ4n) is 14.3. The third kappa shape index (κ3) is 10.2. The lowest BCUT2D eigenvalue weighted by Gasteiger charge is -2.44. The summed E-state index contributed by atoms with van der Waals surface area (Å²) in [6, 6.07) is 115. The number of esters is 1. The number of ether oxygens (including phenoxy) is 1. The predicted octanol–water partition coefficient (Wildman–Crippen LogP) is 18.9. The Morgan fingerprint density at radius 1 is 0.327 bits per heavy atom. The fraction of sp³-hybridized carbons (Fsp3) is 0.0115. The molecule has 13 aromatic carbocycles. The summed E-state index contributed by atoms with van der Waals surface area (Å²) in [5.74, 6) is 1.66. The molecule has 0 fully saturated rings.